The molecule has 4 heterocycles. The first-order valence-corrected chi connectivity index (χ1v) is 24.1. The van der Waals surface area contributed by atoms with Gasteiger partial charge in [-0.3, -0.25) is 14.6 Å². The van der Waals surface area contributed by atoms with Gasteiger partial charge in [0.25, 0.3) is 5.91 Å². The van der Waals surface area contributed by atoms with Crippen molar-refractivity contribution in [2.45, 2.75) is 68.7 Å². The SMILES string of the molecule is C=S(=C)(NC(=O)C1=C=C=C(N2CCC(CN3C(=O)C4(CCCC4)C3C3C=CC(Cl)=CC3)CC2)C=C1Oc1ccc2[nH]ccc2c1)c1ccc(N=CC2CCOCC2)c(N(C)[O-])c1. The highest BCUT2D eigenvalue weighted by Crippen LogP contribution is 2.55. The van der Waals surface area contributed by atoms with E-state index < -0.39 is 15.3 Å². The Morgan fingerprint density at radius 2 is 1.92 bits per heavy atom. The molecule has 3 aromatic rings. The van der Waals surface area contributed by atoms with Crippen molar-refractivity contribution in [3.63, 3.8) is 0 Å². The fourth-order valence-corrected chi connectivity index (χ4v) is 11.5. The summed E-state index contributed by atoms with van der Waals surface area (Å²) < 4.78 is 15.0. The van der Waals surface area contributed by atoms with Gasteiger partial charge in [-0.25, -0.2) is 0 Å². The lowest BCUT2D eigenvalue weighted by Gasteiger charge is -2.58. The summed E-state index contributed by atoms with van der Waals surface area (Å²) in [6, 6.07) is 13.2. The van der Waals surface area contributed by atoms with E-state index in [1.54, 1.807) is 12.1 Å². The molecule has 13 heteroatoms. The molecule has 0 bridgehead atoms. The van der Waals surface area contributed by atoms with E-state index in [9.17, 15) is 14.8 Å². The van der Waals surface area contributed by atoms with E-state index in [2.05, 4.69) is 59.9 Å². The van der Waals surface area contributed by atoms with Crippen LogP contribution in [0.15, 0.2) is 116 Å². The third-order valence-corrected chi connectivity index (χ3v) is 15.5. The topological polar surface area (TPSA) is 126 Å². The molecule has 1 aromatic heterocycles. The average Bonchev–Trinajstić information content (AvgIpc) is 3.98. The van der Waals surface area contributed by atoms with E-state index in [0.29, 0.717) is 58.7 Å². The molecule has 62 heavy (non-hydrogen) atoms. The van der Waals surface area contributed by atoms with E-state index in [0.717, 1.165) is 104 Å². The third-order valence-electron chi connectivity index (χ3n) is 13.5. The van der Waals surface area contributed by atoms with Crippen LogP contribution in [0.2, 0.25) is 0 Å². The quantitative estimate of drug-likeness (QED) is 0.0612. The predicted octanol–water partition coefficient (Wildman–Crippen LogP) is 9.01. The number of aliphatic imine (C=N–C) groups is 1. The molecule has 2 unspecified atom stereocenters. The Bertz CT molecular complexity index is 2590. The number of aromatic nitrogens is 1. The number of likely N-dealkylation sites (tertiary alicyclic amines) is 2. The molecule has 2 N–H and O–H groups in total. The van der Waals surface area contributed by atoms with Crippen LogP contribution in [0.5, 0.6) is 5.75 Å². The minimum atomic E-state index is -2.47. The number of anilines is 1. The van der Waals surface area contributed by atoms with E-state index in [1.807, 2.05) is 54.9 Å². The maximum absolute atomic E-state index is 14.3. The Labute approximate surface area is 369 Å². The number of β-lactam (4-membered cyclic amide) rings is 1. The lowest BCUT2D eigenvalue weighted by Crippen LogP contribution is -2.71. The van der Waals surface area contributed by atoms with E-state index in [-0.39, 0.29) is 22.9 Å². The molecule has 4 fully saturated rings. The minimum absolute atomic E-state index is 0.164. The van der Waals surface area contributed by atoms with Gasteiger partial charge in [0.2, 0.25) is 5.91 Å². The zero-order chi connectivity index (χ0) is 43.0. The van der Waals surface area contributed by atoms with Crippen molar-refractivity contribution in [3.8, 4) is 5.75 Å². The van der Waals surface area contributed by atoms with Crippen LogP contribution < -0.4 is 14.5 Å². The van der Waals surface area contributed by atoms with Crippen molar-refractivity contribution in [1.29, 1.82) is 0 Å². The number of H-pyrrole nitrogens is 1. The van der Waals surface area contributed by atoms with Crippen LogP contribution in [0.1, 0.15) is 57.8 Å². The molecular formula is C49H54ClN6O5S-. The van der Waals surface area contributed by atoms with Crippen molar-refractivity contribution >= 4 is 73.0 Å². The van der Waals surface area contributed by atoms with Crippen LogP contribution in [-0.2, 0) is 14.3 Å². The lowest BCUT2D eigenvalue weighted by molar-refractivity contribution is -0.178. The lowest BCUT2D eigenvalue weighted by atomic mass is 9.63. The molecule has 2 amide bonds. The number of fused-ring (bicyclic) bond motifs is 1. The fourth-order valence-electron chi connectivity index (χ4n) is 10.1. The van der Waals surface area contributed by atoms with Crippen molar-refractivity contribution in [3.05, 3.63) is 112 Å². The number of rotatable bonds is 12. The Kier molecular flexibility index (Phi) is 11.9. The summed E-state index contributed by atoms with van der Waals surface area (Å²) in [5.41, 5.74) is 9.01. The van der Waals surface area contributed by atoms with Gasteiger partial charge in [-0.2, -0.15) is 0 Å². The number of hydroxylamine groups is 1. The molecule has 2 atom stereocenters. The number of aromatic amines is 1. The second-order valence-electron chi connectivity index (χ2n) is 17.6. The number of piperidine rings is 1. The molecule has 3 saturated heterocycles. The maximum Gasteiger partial charge on any atom is 0.272 e. The van der Waals surface area contributed by atoms with Gasteiger partial charge >= 0.3 is 0 Å². The summed E-state index contributed by atoms with van der Waals surface area (Å²) in [5.74, 6) is 10.4. The van der Waals surface area contributed by atoms with Gasteiger partial charge in [0, 0.05) is 78.1 Å². The third kappa shape index (κ3) is 8.48. The Balaban J connectivity index is 0.927. The average molecular weight is 875 g/mol. The number of hydrogen-bond acceptors (Lipinski definition) is 8. The number of benzene rings is 2. The van der Waals surface area contributed by atoms with E-state index in [4.69, 9.17) is 21.1 Å². The van der Waals surface area contributed by atoms with Crippen LogP contribution in [0.3, 0.4) is 0 Å². The largest absolute Gasteiger partial charge is 0.758 e. The number of amides is 2. The van der Waals surface area contributed by atoms with Gasteiger partial charge in [0.05, 0.1) is 28.5 Å². The fraction of sp³-hybridized carbons (Fsp3) is 0.408. The number of ether oxygens (including phenoxy) is 2. The summed E-state index contributed by atoms with van der Waals surface area (Å²) in [4.78, 5) is 41.0. The predicted molar refractivity (Wildman–Crippen MR) is 251 cm³/mol. The molecule has 324 valence electrons. The zero-order valence-corrected chi connectivity index (χ0v) is 36.8. The summed E-state index contributed by atoms with van der Waals surface area (Å²) in [7, 11) is -1.05. The van der Waals surface area contributed by atoms with Gasteiger partial charge in [-0.15, -0.1) is 9.39 Å². The summed E-state index contributed by atoms with van der Waals surface area (Å²) >= 11 is 6.30. The van der Waals surface area contributed by atoms with Crippen LogP contribution in [-0.4, -0.2) is 90.5 Å². The van der Waals surface area contributed by atoms with Crippen molar-refractivity contribution in [2.75, 3.05) is 45.0 Å². The molecule has 1 saturated carbocycles. The highest BCUT2D eigenvalue weighted by atomic mass is 35.5. The normalized spacial score (nSPS) is 23.0. The standard InChI is InChI=1S/C49H54ClN6O5S/c1-54(59)44-30-40(12-15-43(44)52-31-33-19-26-60-27-20-33)62(2,3)53-47(57)41-13-10-38(29-45(41)61-39-11-14-42-36(28-39)16-23-51-42)55-24-17-34(18-25-55)32-56-46(35-6-8-37(50)9-7-35)49(48(56)58)21-4-5-22-49/h6,8-9,11-12,14-16,23,28-31,33-35,46,51H,2-5,7,17-22,24-27,32H2,1H3,(H,53,57)/q-1. The molecule has 9 rings (SSSR count). The van der Waals surface area contributed by atoms with Crippen LogP contribution in [0, 0.1) is 28.4 Å². The molecular weight excluding hydrogens is 820 g/mol. The van der Waals surface area contributed by atoms with Gasteiger partial charge in [-0.05, 0) is 118 Å². The molecule has 3 aliphatic heterocycles. The first-order valence-electron chi connectivity index (χ1n) is 21.8. The second-order valence-corrected chi connectivity index (χ2v) is 20.5. The van der Waals surface area contributed by atoms with E-state index in [1.165, 1.54) is 7.05 Å². The zero-order valence-electron chi connectivity index (χ0n) is 35.2. The number of carbonyl (C=O) groups excluding carboxylic acids is 2. The van der Waals surface area contributed by atoms with Crippen LogP contribution in [0.4, 0.5) is 11.4 Å². The number of halogens is 1. The summed E-state index contributed by atoms with van der Waals surface area (Å²) in [6.45, 7) is 3.70. The molecule has 6 aliphatic rings. The van der Waals surface area contributed by atoms with Crippen LogP contribution >= 0.6 is 21.0 Å². The molecule has 0 radical (unpaired) electrons. The van der Waals surface area contributed by atoms with Crippen LogP contribution in [0.25, 0.3) is 10.9 Å². The monoisotopic (exact) mass is 873 g/mol. The summed E-state index contributed by atoms with van der Waals surface area (Å²) in [5, 5.41) is 15.3. The molecule has 3 aliphatic carbocycles. The van der Waals surface area contributed by atoms with Crippen molar-refractivity contribution < 1.29 is 19.1 Å². The number of allylic oxidation sites excluding steroid dienone is 4. The maximum atomic E-state index is 14.3. The van der Waals surface area contributed by atoms with Gasteiger partial charge in [0.1, 0.15) is 11.3 Å². The number of carbonyl (C=O) groups is 2. The van der Waals surface area contributed by atoms with E-state index >= 15 is 0 Å². The smallest absolute Gasteiger partial charge is 0.272 e. The highest BCUT2D eigenvalue weighted by molar-refractivity contribution is 8.26. The number of nitrogens with one attached hydrogen (secondary N) is 2. The Morgan fingerprint density at radius 1 is 1.13 bits per heavy atom. The summed E-state index contributed by atoms with van der Waals surface area (Å²) in [6.07, 6.45) is 20.7. The highest BCUT2D eigenvalue weighted by Gasteiger charge is 2.62. The number of hydrogen-bond donors (Lipinski definition) is 2. The molecule has 2 aromatic carbocycles. The van der Waals surface area contributed by atoms with Gasteiger partial charge in [-0.1, -0.05) is 54.1 Å². The minimum Gasteiger partial charge on any atom is -0.758 e. The molecule has 11 nitrogen and oxygen atoms in total. The first-order chi connectivity index (χ1) is 30.0. The second kappa shape index (κ2) is 17.5. The Hall–Kier alpha value is -5.19. The van der Waals surface area contributed by atoms with Crippen molar-refractivity contribution in [1.82, 2.24) is 19.5 Å². The first kappa shape index (κ1) is 42.1. The number of nitrogens with zero attached hydrogens (tertiary/aromatic N) is 4. The van der Waals surface area contributed by atoms with Crippen molar-refractivity contribution in [2.24, 2.45) is 28.2 Å². The van der Waals surface area contributed by atoms with Gasteiger partial charge in [0.15, 0.2) is 5.76 Å². The Morgan fingerprint density at radius 3 is 2.66 bits per heavy atom. The molecule has 1 spiro atoms. The van der Waals surface area contributed by atoms with Gasteiger partial charge < -0.3 is 39.3 Å².